The molecule has 0 fully saturated rings. The fourth-order valence-electron chi connectivity index (χ4n) is 3.68. The lowest BCUT2D eigenvalue weighted by Crippen LogP contribution is -2.35. The van der Waals surface area contributed by atoms with Gasteiger partial charge in [0.2, 0.25) is 12.7 Å². The molecule has 1 N–H and O–H groups in total. The Hall–Kier alpha value is -4.32. The highest BCUT2D eigenvalue weighted by atomic mass is 32.2. The molecule has 0 saturated carbocycles. The lowest BCUT2D eigenvalue weighted by atomic mass is 10.2. The summed E-state index contributed by atoms with van der Waals surface area (Å²) < 4.78 is 45.5. The molecule has 0 unspecified atom stereocenters. The summed E-state index contributed by atoms with van der Waals surface area (Å²) in [5.74, 6) is 0.920. The summed E-state index contributed by atoms with van der Waals surface area (Å²) in [7, 11) is 0. The molecule has 3 heterocycles. The molecule has 0 aliphatic carbocycles. The number of hydrogen-bond acceptors (Lipinski definition) is 8. The minimum absolute atomic E-state index is 0.0517. The van der Waals surface area contributed by atoms with Gasteiger partial charge in [-0.25, -0.2) is 4.99 Å². The predicted molar refractivity (Wildman–Crippen MR) is 136 cm³/mol. The lowest BCUT2D eigenvalue weighted by Gasteiger charge is -2.20. The first-order chi connectivity index (χ1) is 18.4. The first-order valence-electron chi connectivity index (χ1n) is 11.4. The van der Waals surface area contributed by atoms with Gasteiger partial charge in [-0.15, -0.1) is 0 Å². The number of carbonyl (C=O) groups excluding carboxylic acids is 2. The number of furan rings is 1. The Bertz CT molecular complexity index is 1390. The summed E-state index contributed by atoms with van der Waals surface area (Å²) in [4.78, 5) is 31.9. The van der Waals surface area contributed by atoms with Crippen molar-refractivity contribution in [3.05, 3.63) is 77.9 Å². The normalized spacial score (nSPS) is 16.2. The molecule has 9 nitrogen and oxygen atoms in total. The first kappa shape index (κ1) is 25.3. The average molecular weight is 542 g/mol. The smallest absolute Gasteiger partial charge is 0.387 e. The number of aliphatic imine (C=N–C) groups is 1. The molecular weight excluding hydrogens is 520 g/mol. The largest absolute Gasteiger partial charge is 0.465 e. The van der Waals surface area contributed by atoms with Gasteiger partial charge >= 0.3 is 6.61 Å². The van der Waals surface area contributed by atoms with Gasteiger partial charge in [0.1, 0.15) is 17.2 Å². The van der Waals surface area contributed by atoms with E-state index < -0.39 is 17.8 Å². The quantitative estimate of drug-likeness (QED) is 0.409. The highest BCUT2D eigenvalue weighted by molar-refractivity contribution is 8.15. The minimum Gasteiger partial charge on any atom is -0.465 e. The number of halogens is 2. The maximum absolute atomic E-state index is 13.3. The van der Waals surface area contributed by atoms with E-state index >= 15 is 0 Å². The standard InChI is InChI=1S/C26H21F2N3O6S/c1-15(23(32)29-13-16-4-9-21-22(11-16)36-14-35-21)38-26-30-20(12-19-3-2-10-34-19)24(33)31(26)17-5-7-18(8-6-17)37-25(27)28/h2-12,15,25H,13-14H2,1H3,(H,29,32)/b20-12-/t15-/m1/s1. The summed E-state index contributed by atoms with van der Waals surface area (Å²) in [5, 5.41) is 2.50. The summed E-state index contributed by atoms with van der Waals surface area (Å²) in [6.07, 6.45) is 2.96. The molecule has 2 amide bonds. The third-order valence-electron chi connectivity index (χ3n) is 5.53. The molecule has 2 aromatic carbocycles. The van der Waals surface area contributed by atoms with Gasteiger partial charge in [0.05, 0.1) is 17.2 Å². The van der Waals surface area contributed by atoms with Crippen LogP contribution in [0.2, 0.25) is 0 Å². The molecule has 12 heteroatoms. The second-order valence-electron chi connectivity index (χ2n) is 8.12. The van der Waals surface area contributed by atoms with Crippen molar-refractivity contribution in [1.82, 2.24) is 5.32 Å². The number of nitrogens with zero attached hydrogens (tertiary/aromatic N) is 2. The summed E-state index contributed by atoms with van der Waals surface area (Å²) in [6.45, 7) is -0.848. The van der Waals surface area contributed by atoms with E-state index in [1.54, 1.807) is 31.2 Å². The van der Waals surface area contributed by atoms with Gasteiger partial charge in [0, 0.05) is 12.6 Å². The lowest BCUT2D eigenvalue weighted by molar-refractivity contribution is -0.120. The number of ether oxygens (including phenoxy) is 3. The Morgan fingerprint density at radius 3 is 2.71 bits per heavy atom. The third kappa shape index (κ3) is 5.65. The Morgan fingerprint density at radius 1 is 1.18 bits per heavy atom. The van der Waals surface area contributed by atoms with Crippen molar-refractivity contribution in [2.45, 2.75) is 25.3 Å². The van der Waals surface area contributed by atoms with Crippen LogP contribution in [0.15, 0.2) is 76.0 Å². The molecule has 2 aliphatic rings. The maximum atomic E-state index is 13.3. The average Bonchev–Trinajstić information content (AvgIpc) is 3.64. The van der Waals surface area contributed by atoms with Crippen LogP contribution in [0.1, 0.15) is 18.2 Å². The van der Waals surface area contributed by atoms with E-state index in [2.05, 4.69) is 15.0 Å². The number of carbonyl (C=O) groups is 2. The third-order valence-corrected chi connectivity index (χ3v) is 6.58. The topological polar surface area (TPSA) is 103 Å². The summed E-state index contributed by atoms with van der Waals surface area (Å²) in [5.41, 5.74) is 1.31. The van der Waals surface area contributed by atoms with Crippen LogP contribution in [0.3, 0.4) is 0 Å². The van der Waals surface area contributed by atoms with Crippen LogP contribution < -0.4 is 24.4 Å². The van der Waals surface area contributed by atoms with Gasteiger partial charge < -0.3 is 23.9 Å². The van der Waals surface area contributed by atoms with Crippen LogP contribution in [-0.2, 0) is 16.1 Å². The molecule has 196 valence electrons. The Labute approximate surface area is 220 Å². The number of alkyl halides is 2. The van der Waals surface area contributed by atoms with Gasteiger partial charge in [-0.1, -0.05) is 17.8 Å². The Morgan fingerprint density at radius 2 is 1.97 bits per heavy atom. The fourth-order valence-corrected chi connectivity index (χ4v) is 4.63. The van der Waals surface area contributed by atoms with Crippen molar-refractivity contribution >= 4 is 40.5 Å². The van der Waals surface area contributed by atoms with Crippen LogP contribution in [0.5, 0.6) is 17.2 Å². The molecular formula is C26H21F2N3O6S. The summed E-state index contributed by atoms with van der Waals surface area (Å²) >= 11 is 1.08. The van der Waals surface area contributed by atoms with Crippen molar-refractivity contribution in [3.63, 3.8) is 0 Å². The van der Waals surface area contributed by atoms with E-state index in [0.29, 0.717) is 22.9 Å². The van der Waals surface area contributed by atoms with E-state index in [1.165, 1.54) is 41.5 Å². The molecule has 2 aliphatic heterocycles. The van der Waals surface area contributed by atoms with Gasteiger partial charge in [0.15, 0.2) is 16.7 Å². The number of anilines is 1. The second kappa shape index (κ2) is 11.0. The monoisotopic (exact) mass is 541 g/mol. The summed E-state index contributed by atoms with van der Waals surface area (Å²) in [6, 6.07) is 14.3. The van der Waals surface area contributed by atoms with E-state index in [0.717, 1.165) is 17.3 Å². The van der Waals surface area contributed by atoms with E-state index in [1.807, 2.05) is 6.07 Å². The number of benzene rings is 2. The number of thioether (sulfide) groups is 1. The number of amidine groups is 1. The number of amides is 2. The molecule has 38 heavy (non-hydrogen) atoms. The highest BCUT2D eigenvalue weighted by Crippen LogP contribution is 2.34. The molecule has 1 aromatic heterocycles. The zero-order chi connectivity index (χ0) is 26.6. The Kier molecular flexibility index (Phi) is 7.31. The van der Waals surface area contributed by atoms with Crippen molar-refractivity contribution in [2.24, 2.45) is 4.99 Å². The minimum atomic E-state index is -2.97. The van der Waals surface area contributed by atoms with E-state index in [4.69, 9.17) is 13.9 Å². The SMILES string of the molecule is C[C@@H](SC1=N/C(=C\c2ccco2)C(=O)N1c1ccc(OC(F)F)cc1)C(=O)NCc1ccc2c(c1)OCO2. The predicted octanol–water partition coefficient (Wildman–Crippen LogP) is 4.79. The van der Waals surface area contributed by atoms with Crippen LogP contribution in [-0.4, -0.2) is 35.6 Å². The van der Waals surface area contributed by atoms with E-state index in [-0.39, 0.29) is 35.9 Å². The molecule has 0 spiro atoms. The van der Waals surface area contributed by atoms with Crippen LogP contribution in [0.25, 0.3) is 6.08 Å². The van der Waals surface area contributed by atoms with Gasteiger partial charge in [-0.05, 0) is 61.0 Å². The molecule has 1 atom stereocenters. The fraction of sp³-hybridized carbons (Fsp3) is 0.192. The maximum Gasteiger partial charge on any atom is 0.387 e. The molecule has 3 aromatic rings. The van der Waals surface area contributed by atoms with Gasteiger partial charge in [0.25, 0.3) is 5.91 Å². The number of nitrogens with one attached hydrogen (secondary N) is 1. The number of fused-ring (bicyclic) bond motifs is 1. The van der Waals surface area contributed by atoms with Crippen LogP contribution in [0, 0.1) is 0 Å². The molecule has 0 radical (unpaired) electrons. The number of rotatable bonds is 8. The van der Waals surface area contributed by atoms with Gasteiger partial charge in [-0.3, -0.25) is 14.5 Å². The molecule has 5 rings (SSSR count). The van der Waals surface area contributed by atoms with Crippen molar-refractivity contribution < 1.29 is 37.0 Å². The van der Waals surface area contributed by atoms with Crippen LogP contribution in [0.4, 0.5) is 14.5 Å². The van der Waals surface area contributed by atoms with Crippen molar-refractivity contribution in [2.75, 3.05) is 11.7 Å². The number of hydrogen-bond donors (Lipinski definition) is 1. The van der Waals surface area contributed by atoms with Crippen molar-refractivity contribution in [3.8, 4) is 17.2 Å². The highest BCUT2D eigenvalue weighted by Gasteiger charge is 2.34. The first-order valence-corrected chi connectivity index (χ1v) is 12.3. The molecule has 0 saturated heterocycles. The van der Waals surface area contributed by atoms with Crippen LogP contribution >= 0.6 is 11.8 Å². The zero-order valence-electron chi connectivity index (χ0n) is 19.9. The van der Waals surface area contributed by atoms with E-state index in [9.17, 15) is 18.4 Å². The second-order valence-corrected chi connectivity index (χ2v) is 9.43. The van der Waals surface area contributed by atoms with Crippen molar-refractivity contribution in [1.29, 1.82) is 0 Å². The van der Waals surface area contributed by atoms with Gasteiger partial charge in [-0.2, -0.15) is 8.78 Å². The Balaban J connectivity index is 1.32. The zero-order valence-corrected chi connectivity index (χ0v) is 20.7. The molecule has 0 bridgehead atoms.